The van der Waals surface area contributed by atoms with Crippen LogP contribution in [0.3, 0.4) is 0 Å². The lowest BCUT2D eigenvalue weighted by Crippen LogP contribution is -2.38. The monoisotopic (exact) mass is 363 g/mol. The maximum atomic E-state index is 13.0. The molecule has 1 atom stereocenters. The molecular weight excluding hydrogens is 349 g/mol. The van der Waals surface area contributed by atoms with Crippen LogP contribution in [0, 0.1) is 5.82 Å². The molecule has 0 saturated heterocycles. The van der Waals surface area contributed by atoms with Crippen molar-refractivity contribution in [1.29, 1.82) is 0 Å². The SMILES string of the molecule is C[C@H]1CN=C(N(C(=O)Nc2ccc(F)cc2)c2cccc(Cl)c2)S1. The fraction of sp³-hybridized carbons (Fsp3) is 0.176. The highest BCUT2D eigenvalue weighted by Crippen LogP contribution is 2.29. The number of amidine groups is 1. The van der Waals surface area contributed by atoms with E-state index in [0.29, 0.717) is 33.4 Å². The van der Waals surface area contributed by atoms with E-state index >= 15 is 0 Å². The number of hydrogen-bond acceptors (Lipinski definition) is 3. The quantitative estimate of drug-likeness (QED) is 0.815. The minimum absolute atomic E-state index is 0.306. The van der Waals surface area contributed by atoms with E-state index in [1.54, 1.807) is 24.3 Å². The number of anilines is 2. The van der Waals surface area contributed by atoms with Crippen molar-refractivity contribution < 1.29 is 9.18 Å². The zero-order chi connectivity index (χ0) is 17.1. The van der Waals surface area contributed by atoms with Crippen molar-refractivity contribution in [3.63, 3.8) is 0 Å². The van der Waals surface area contributed by atoms with Crippen LogP contribution in [-0.2, 0) is 0 Å². The number of carbonyl (C=O) groups is 1. The molecule has 1 aliphatic rings. The van der Waals surface area contributed by atoms with E-state index in [1.807, 2.05) is 0 Å². The highest BCUT2D eigenvalue weighted by Gasteiger charge is 2.27. The van der Waals surface area contributed by atoms with Crippen molar-refractivity contribution in [2.75, 3.05) is 16.8 Å². The summed E-state index contributed by atoms with van der Waals surface area (Å²) >= 11 is 7.59. The van der Waals surface area contributed by atoms with Gasteiger partial charge in [0.2, 0.25) is 0 Å². The van der Waals surface area contributed by atoms with E-state index < -0.39 is 0 Å². The van der Waals surface area contributed by atoms with Crippen molar-refractivity contribution in [1.82, 2.24) is 0 Å². The Morgan fingerprint density at radius 3 is 2.71 bits per heavy atom. The van der Waals surface area contributed by atoms with E-state index in [0.717, 1.165) is 0 Å². The van der Waals surface area contributed by atoms with Gasteiger partial charge in [-0.3, -0.25) is 4.99 Å². The molecule has 2 aromatic carbocycles. The van der Waals surface area contributed by atoms with Gasteiger partial charge in [-0.2, -0.15) is 0 Å². The predicted molar refractivity (Wildman–Crippen MR) is 98.7 cm³/mol. The number of rotatable bonds is 2. The fourth-order valence-electron chi connectivity index (χ4n) is 2.23. The molecule has 0 saturated carbocycles. The Hall–Kier alpha value is -2.05. The summed E-state index contributed by atoms with van der Waals surface area (Å²) in [5.74, 6) is -0.357. The molecule has 3 rings (SSSR count). The van der Waals surface area contributed by atoms with Crippen LogP contribution in [0.2, 0.25) is 5.02 Å². The van der Waals surface area contributed by atoms with Gasteiger partial charge < -0.3 is 5.32 Å². The molecule has 124 valence electrons. The van der Waals surface area contributed by atoms with Gasteiger partial charge in [-0.15, -0.1) is 0 Å². The van der Waals surface area contributed by atoms with Gasteiger partial charge in [-0.05, 0) is 42.5 Å². The second-order valence-corrected chi connectivity index (χ2v) is 7.15. The third-order valence-corrected chi connectivity index (χ3v) is 4.66. The van der Waals surface area contributed by atoms with Crippen LogP contribution < -0.4 is 10.2 Å². The highest BCUT2D eigenvalue weighted by molar-refractivity contribution is 8.15. The van der Waals surface area contributed by atoms with Crippen LogP contribution in [0.25, 0.3) is 0 Å². The minimum Gasteiger partial charge on any atom is -0.307 e. The molecule has 0 fully saturated rings. The lowest BCUT2D eigenvalue weighted by molar-refractivity contribution is 0.259. The van der Waals surface area contributed by atoms with E-state index in [-0.39, 0.29) is 11.8 Å². The first kappa shape index (κ1) is 16.8. The molecule has 0 aliphatic carbocycles. The number of amides is 2. The summed E-state index contributed by atoms with van der Waals surface area (Å²) in [6.07, 6.45) is 0. The van der Waals surface area contributed by atoms with Gasteiger partial charge in [0.1, 0.15) is 5.82 Å². The molecule has 0 unspecified atom stereocenters. The number of benzene rings is 2. The Kier molecular flexibility index (Phi) is 5.06. The Labute approximate surface area is 148 Å². The molecule has 0 bridgehead atoms. The van der Waals surface area contributed by atoms with Crippen molar-refractivity contribution in [3.05, 3.63) is 59.4 Å². The predicted octanol–water partition coefficient (Wildman–Crippen LogP) is 5.01. The molecular formula is C17H15ClFN3OS. The number of thioether (sulfide) groups is 1. The molecule has 0 radical (unpaired) electrons. The maximum Gasteiger partial charge on any atom is 0.332 e. The van der Waals surface area contributed by atoms with Crippen molar-refractivity contribution in [3.8, 4) is 0 Å². The molecule has 4 nitrogen and oxygen atoms in total. The molecule has 0 aromatic heterocycles. The second kappa shape index (κ2) is 7.23. The average Bonchev–Trinajstić information content (AvgIpc) is 2.96. The van der Waals surface area contributed by atoms with Crippen molar-refractivity contribution >= 4 is 45.9 Å². The van der Waals surface area contributed by atoms with Gasteiger partial charge in [0, 0.05) is 16.0 Å². The zero-order valence-corrected chi connectivity index (χ0v) is 14.4. The van der Waals surface area contributed by atoms with Gasteiger partial charge >= 0.3 is 6.03 Å². The van der Waals surface area contributed by atoms with Gasteiger partial charge in [0.15, 0.2) is 5.17 Å². The lowest BCUT2D eigenvalue weighted by atomic mass is 10.3. The lowest BCUT2D eigenvalue weighted by Gasteiger charge is -2.23. The summed E-state index contributed by atoms with van der Waals surface area (Å²) in [5.41, 5.74) is 1.13. The van der Waals surface area contributed by atoms with Crippen LogP contribution in [0.4, 0.5) is 20.6 Å². The standard InChI is InChI=1S/C17H15ClFN3OS/c1-11-10-20-17(24-11)22(15-4-2-3-12(18)9-15)16(23)21-14-7-5-13(19)6-8-14/h2-9,11H,10H2,1H3,(H,21,23)/t11-/m0/s1. The Bertz CT molecular complexity index is 782. The summed E-state index contributed by atoms with van der Waals surface area (Å²) in [4.78, 5) is 18.7. The Balaban J connectivity index is 1.89. The number of aliphatic imine (C=N–C) groups is 1. The van der Waals surface area contributed by atoms with Gasteiger partial charge in [0.05, 0.1) is 12.2 Å². The van der Waals surface area contributed by atoms with Crippen LogP contribution in [0.1, 0.15) is 6.92 Å². The summed E-state index contributed by atoms with van der Waals surface area (Å²) in [6, 6.07) is 12.3. The Morgan fingerprint density at radius 2 is 2.08 bits per heavy atom. The average molecular weight is 364 g/mol. The molecule has 2 aromatic rings. The van der Waals surface area contributed by atoms with E-state index in [1.165, 1.54) is 40.9 Å². The third-order valence-electron chi connectivity index (χ3n) is 3.35. The molecule has 0 spiro atoms. The number of carbonyl (C=O) groups excluding carboxylic acids is 1. The van der Waals surface area contributed by atoms with Crippen LogP contribution in [-0.4, -0.2) is 23.0 Å². The number of nitrogens with one attached hydrogen (secondary N) is 1. The normalized spacial score (nSPS) is 16.6. The molecule has 1 aliphatic heterocycles. The largest absolute Gasteiger partial charge is 0.332 e. The smallest absolute Gasteiger partial charge is 0.307 e. The van der Waals surface area contributed by atoms with Crippen LogP contribution in [0.5, 0.6) is 0 Å². The Morgan fingerprint density at radius 1 is 1.33 bits per heavy atom. The molecule has 2 amide bonds. The van der Waals surface area contributed by atoms with E-state index in [9.17, 15) is 9.18 Å². The summed E-state index contributed by atoms with van der Waals surface area (Å²) in [5, 5.41) is 4.21. The first-order valence-electron chi connectivity index (χ1n) is 7.36. The zero-order valence-electron chi connectivity index (χ0n) is 12.9. The molecule has 1 N–H and O–H groups in total. The first-order valence-corrected chi connectivity index (χ1v) is 8.62. The summed E-state index contributed by atoms with van der Waals surface area (Å²) < 4.78 is 13.0. The van der Waals surface area contributed by atoms with Gasteiger partial charge in [-0.25, -0.2) is 14.1 Å². The van der Waals surface area contributed by atoms with Gasteiger partial charge in [0.25, 0.3) is 0 Å². The van der Waals surface area contributed by atoms with Crippen LogP contribution in [0.15, 0.2) is 53.5 Å². The summed E-state index contributed by atoms with van der Waals surface area (Å²) in [7, 11) is 0. The number of hydrogen-bond donors (Lipinski definition) is 1. The second-order valence-electron chi connectivity index (χ2n) is 5.30. The van der Waals surface area contributed by atoms with Crippen molar-refractivity contribution in [2.24, 2.45) is 4.99 Å². The van der Waals surface area contributed by atoms with E-state index in [2.05, 4.69) is 17.2 Å². The van der Waals surface area contributed by atoms with Crippen molar-refractivity contribution in [2.45, 2.75) is 12.2 Å². The maximum absolute atomic E-state index is 13.0. The number of urea groups is 1. The topological polar surface area (TPSA) is 44.7 Å². The summed E-state index contributed by atoms with van der Waals surface area (Å²) in [6.45, 7) is 2.70. The minimum atomic E-state index is -0.371. The van der Waals surface area contributed by atoms with E-state index in [4.69, 9.17) is 11.6 Å². The molecule has 1 heterocycles. The third kappa shape index (κ3) is 3.88. The number of nitrogens with zero attached hydrogens (tertiary/aromatic N) is 2. The first-order chi connectivity index (χ1) is 11.5. The van der Waals surface area contributed by atoms with Crippen LogP contribution >= 0.6 is 23.4 Å². The number of halogens is 2. The molecule has 24 heavy (non-hydrogen) atoms. The highest BCUT2D eigenvalue weighted by atomic mass is 35.5. The molecule has 7 heteroatoms. The van der Waals surface area contributed by atoms with Gasteiger partial charge in [-0.1, -0.05) is 36.4 Å². The fourth-order valence-corrected chi connectivity index (χ4v) is 3.36.